The predicted molar refractivity (Wildman–Crippen MR) is 185 cm³/mol. The van der Waals surface area contributed by atoms with Crippen LogP contribution in [0.5, 0.6) is 5.75 Å². The van der Waals surface area contributed by atoms with E-state index in [9.17, 15) is 28.3 Å². The highest BCUT2D eigenvalue weighted by atomic mass is 35.5. The topological polar surface area (TPSA) is 137 Å². The minimum absolute atomic E-state index is 0.111. The van der Waals surface area contributed by atoms with Crippen LogP contribution in [-0.2, 0) is 14.3 Å². The summed E-state index contributed by atoms with van der Waals surface area (Å²) in [7, 11) is 1.28. The highest BCUT2D eigenvalue weighted by Crippen LogP contribution is 2.38. The van der Waals surface area contributed by atoms with E-state index >= 15 is 0 Å². The molecule has 16 heteroatoms. The monoisotopic (exact) mass is 740 g/mol. The van der Waals surface area contributed by atoms with Gasteiger partial charge in [0, 0.05) is 72.7 Å². The van der Waals surface area contributed by atoms with Gasteiger partial charge in [-0.05, 0) is 43.9 Å². The molecule has 3 aliphatic heterocycles. The van der Waals surface area contributed by atoms with Crippen LogP contribution in [0.15, 0.2) is 64.2 Å². The number of hydrogen-bond donors (Lipinski definition) is 2. The maximum atomic E-state index is 14.9. The Morgan fingerprint density at radius 3 is 2.59 bits per heavy atom. The van der Waals surface area contributed by atoms with E-state index in [1.165, 1.54) is 48.8 Å². The Bertz CT molecular complexity index is 1900. The van der Waals surface area contributed by atoms with Crippen molar-refractivity contribution in [3.63, 3.8) is 0 Å². The first kappa shape index (κ1) is 34.8. The fraction of sp³-hybridized carbons (Fsp3) is 0.400. The molecule has 1 aliphatic carbocycles. The third-order valence-electron chi connectivity index (χ3n) is 9.74. The molecular formula is C35H35ClF2N6O6S. The number of anilines is 1. The number of piperazine rings is 1. The molecule has 3 aromatic rings. The number of rotatable bonds is 9. The van der Waals surface area contributed by atoms with Gasteiger partial charge < -0.3 is 24.8 Å². The molecule has 7 rings (SSSR count). The Hall–Kier alpha value is -4.60. The molecule has 2 N–H and O–H groups in total. The van der Waals surface area contributed by atoms with Crippen LogP contribution in [0.1, 0.15) is 42.3 Å². The molecule has 1 aromatic heterocycles. The zero-order valence-corrected chi connectivity index (χ0v) is 29.1. The molecule has 0 spiro atoms. The smallest absolute Gasteiger partial charge is 0.338 e. The third-order valence-corrected chi connectivity index (χ3v) is 10.8. The molecule has 3 fully saturated rings. The summed E-state index contributed by atoms with van der Waals surface area (Å²) in [6, 6.07) is 6.80. The maximum Gasteiger partial charge on any atom is 0.338 e. The number of amidine groups is 1. The molecule has 0 radical (unpaired) electrons. The van der Waals surface area contributed by atoms with E-state index < -0.39 is 35.5 Å². The number of aliphatic imine (C=N–C) groups is 1. The first-order chi connectivity index (χ1) is 24.6. The van der Waals surface area contributed by atoms with Gasteiger partial charge in [-0.15, -0.1) is 11.3 Å². The number of carboxylic acids is 1. The van der Waals surface area contributed by atoms with Gasteiger partial charge in [0.25, 0.3) is 0 Å². The second kappa shape index (κ2) is 14.6. The Kier molecular flexibility index (Phi) is 9.94. The number of carboxylic acid groups (broad SMARTS) is 1. The Labute approximate surface area is 301 Å². The largest absolute Gasteiger partial charge is 0.490 e. The lowest BCUT2D eigenvalue weighted by molar-refractivity contribution is -0.143. The van der Waals surface area contributed by atoms with Crippen LogP contribution in [0.2, 0.25) is 5.02 Å². The predicted octanol–water partition coefficient (Wildman–Crippen LogP) is 5.24. The number of aromatic nitrogens is 1. The molecule has 12 nitrogen and oxygen atoms in total. The van der Waals surface area contributed by atoms with Crippen molar-refractivity contribution < 1.29 is 37.7 Å². The van der Waals surface area contributed by atoms with Crippen LogP contribution < -0.4 is 15.0 Å². The number of nitrogens with zero attached hydrogens (tertiary/aromatic N) is 5. The summed E-state index contributed by atoms with van der Waals surface area (Å²) in [5.41, 5.74) is 1.55. The van der Waals surface area contributed by atoms with Crippen molar-refractivity contribution in [1.82, 2.24) is 20.1 Å². The number of aliphatic carboxylic acids is 1. The van der Waals surface area contributed by atoms with Gasteiger partial charge in [-0.2, -0.15) is 0 Å². The number of carbonyl (C=O) groups is 3. The summed E-state index contributed by atoms with van der Waals surface area (Å²) in [6.07, 6.45) is 3.50. The van der Waals surface area contributed by atoms with Gasteiger partial charge in [0.15, 0.2) is 10.8 Å². The summed E-state index contributed by atoms with van der Waals surface area (Å²) in [5, 5.41) is 15.1. The standard InChI is InChI=1S/C35H35ClF2N6O6S/c1-49-34(47)29-28(40-31(32-39-8-11-51-32)41-30(29)26-7-4-20(37)14-27(26)36)18-42-9-10-43-23(16-42)17-44(35(43)48)22-12-21(38)13-25(15-22)50-24-5-2-19(3-6-24)33(45)46/h4,7-8,11-15,19,23-24,30H,2-3,5-6,9-10,16-18H2,1H3,(H,40,41)(H,45,46)/t19-,23-,24+,30?/m0/s1. The van der Waals surface area contributed by atoms with E-state index in [1.807, 2.05) is 0 Å². The van der Waals surface area contributed by atoms with Crippen LogP contribution in [0.25, 0.3) is 0 Å². The van der Waals surface area contributed by atoms with Crippen molar-refractivity contribution in [3.8, 4) is 5.75 Å². The van der Waals surface area contributed by atoms with Gasteiger partial charge in [-0.25, -0.2) is 23.4 Å². The van der Waals surface area contributed by atoms with Crippen LogP contribution in [-0.4, -0.2) is 95.7 Å². The van der Waals surface area contributed by atoms with Gasteiger partial charge >= 0.3 is 18.0 Å². The van der Waals surface area contributed by atoms with E-state index in [2.05, 4.69) is 15.2 Å². The second-order valence-corrected chi connectivity index (χ2v) is 14.2. The lowest BCUT2D eigenvalue weighted by atomic mass is 9.87. The molecule has 2 saturated heterocycles. The van der Waals surface area contributed by atoms with Crippen LogP contribution in [0.4, 0.5) is 19.3 Å². The number of urea groups is 1. The van der Waals surface area contributed by atoms with E-state index in [-0.39, 0.29) is 35.3 Å². The van der Waals surface area contributed by atoms with Crippen molar-refractivity contribution in [3.05, 3.63) is 86.5 Å². The van der Waals surface area contributed by atoms with Crippen LogP contribution in [0.3, 0.4) is 0 Å². The normalized spacial score (nSPS) is 23.8. The highest BCUT2D eigenvalue weighted by Gasteiger charge is 2.43. The molecule has 51 heavy (non-hydrogen) atoms. The zero-order valence-electron chi connectivity index (χ0n) is 27.6. The molecule has 0 bridgehead atoms. The quantitative estimate of drug-likeness (QED) is 0.282. The molecule has 2 atom stereocenters. The molecule has 1 saturated carbocycles. The van der Waals surface area contributed by atoms with E-state index in [0.29, 0.717) is 85.4 Å². The van der Waals surface area contributed by atoms with Crippen molar-refractivity contribution in [1.29, 1.82) is 0 Å². The fourth-order valence-corrected chi connectivity index (χ4v) is 8.07. The molecular weight excluding hydrogens is 706 g/mol. The lowest BCUT2D eigenvalue weighted by Crippen LogP contribution is -2.53. The summed E-state index contributed by atoms with van der Waals surface area (Å²) < 4.78 is 40.2. The van der Waals surface area contributed by atoms with Gasteiger partial charge in [0.05, 0.1) is 36.4 Å². The number of fused-ring (bicyclic) bond motifs is 1. The van der Waals surface area contributed by atoms with Crippen molar-refractivity contribution in [2.24, 2.45) is 10.9 Å². The number of esters is 1. The number of benzene rings is 2. The Morgan fingerprint density at radius 2 is 1.88 bits per heavy atom. The van der Waals surface area contributed by atoms with E-state index in [1.54, 1.807) is 27.4 Å². The van der Waals surface area contributed by atoms with E-state index in [0.717, 1.165) is 0 Å². The van der Waals surface area contributed by atoms with Gasteiger partial charge in [0.2, 0.25) is 0 Å². The van der Waals surface area contributed by atoms with Gasteiger partial charge in [-0.3, -0.25) is 19.6 Å². The number of amides is 2. The van der Waals surface area contributed by atoms with E-state index in [4.69, 9.17) is 26.1 Å². The van der Waals surface area contributed by atoms with Gasteiger partial charge in [-0.1, -0.05) is 17.7 Å². The van der Waals surface area contributed by atoms with Crippen molar-refractivity contribution in [2.75, 3.05) is 44.7 Å². The number of hydrogen-bond acceptors (Lipinski definition) is 10. The highest BCUT2D eigenvalue weighted by molar-refractivity contribution is 7.11. The SMILES string of the molecule is COC(=O)C1=C(CN2CCN3C(=O)N(c4cc(F)cc(O[C@H]5CC[C@@H](C(=O)O)CC5)c4)C[C@@H]3C2)NC(c2nccs2)=NC1c1ccc(F)cc1Cl. The van der Waals surface area contributed by atoms with Crippen molar-refractivity contribution >= 4 is 52.4 Å². The summed E-state index contributed by atoms with van der Waals surface area (Å²) in [5.74, 6) is -2.17. The summed E-state index contributed by atoms with van der Waals surface area (Å²) >= 11 is 7.85. The Balaban J connectivity index is 1.10. The third kappa shape index (κ3) is 7.28. The number of methoxy groups -OCH3 is 1. The van der Waals surface area contributed by atoms with Crippen LogP contribution >= 0.6 is 22.9 Å². The average Bonchev–Trinajstić information content (AvgIpc) is 3.76. The molecule has 268 valence electrons. The minimum Gasteiger partial charge on any atom is -0.490 e. The fourth-order valence-electron chi connectivity index (χ4n) is 7.21. The first-order valence-electron chi connectivity index (χ1n) is 16.6. The molecule has 2 amide bonds. The molecule has 1 unspecified atom stereocenters. The van der Waals surface area contributed by atoms with Gasteiger partial charge in [0.1, 0.15) is 23.4 Å². The number of carbonyl (C=O) groups excluding carboxylic acids is 2. The number of thiazole rings is 1. The second-order valence-electron chi connectivity index (χ2n) is 12.9. The number of ether oxygens (including phenoxy) is 2. The first-order valence-corrected chi connectivity index (χ1v) is 17.8. The summed E-state index contributed by atoms with van der Waals surface area (Å²) in [4.78, 5) is 52.9. The van der Waals surface area contributed by atoms with Crippen LogP contribution in [0, 0.1) is 17.6 Å². The Morgan fingerprint density at radius 1 is 1.08 bits per heavy atom. The average molecular weight is 741 g/mol. The summed E-state index contributed by atoms with van der Waals surface area (Å²) in [6.45, 7) is 1.91. The lowest BCUT2D eigenvalue weighted by Gasteiger charge is -2.38. The number of nitrogens with one attached hydrogen (secondary N) is 1. The number of halogens is 3. The minimum atomic E-state index is -0.901. The van der Waals surface area contributed by atoms with Crippen molar-refractivity contribution in [2.45, 2.75) is 43.9 Å². The zero-order chi connectivity index (χ0) is 35.8. The molecule has 2 aromatic carbocycles. The molecule has 4 heterocycles. The molecule has 4 aliphatic rings. The maximum absolute atomic E-state index is 14.9.